The van der Waals surface area contributed by atoms with Gasteiger partial charge in [0, 0.05) is 28.6 Å². The lowest BCUT2D eigenvalue weighted by Crippen LogP contribution is -2.14. The summed E-state index contributed by atoms with van der Waals surface area (Å²) in [6.45, 7) is 1.80. The molecule has 0 bridgehead atoms. The molecule has 10 nitrogen and oxygen atoms in total. The fraction of sp³-hybridized carbons (Fsp3) is 0.107. The predicted molar refractivity (Wildman–Crippen MR) is 155 cm³/mol. The molecule has 3 aromatic heterocycles. The minimum Gasteiger partial charge on any atom is -0.496 e. The number of pyridine rings is 2. The van der Waals surface area contributed by atoms with Crippen molar-refractivity contribution in [1.82, 2.24) is 15.0 Å². The van der Waals surface area contributed by atoms with Gasteiger partial charge in [0.05, 0.1) is 41.9 Å². The molecule has 13 heteroatoms. The molecule has 206 valence electrons. The molecule has 0 radical (unpaired) electrons. The zero-order valence-corrected chi connectivity index (χ0v) is 23.5. The van der Waals surface area contributed by atoms with Crippen molar-refractivity contribution in [1.29, 1.82) is 5.26 Å². The highest BCUT2D eigenvalue weighted by Gasteiger charge is 2.20. The lowest BCUT2D eigenvalue weighted by atomic mass is 9.97. The maximum atomic E-state index is 14.5. The fourth-order valence-corrected chi connectivity index (χ4v) is 5.50. The summed E-state index contributed by atoms with van der Waals surface area (Å²) >= 11 is 1.14. The monoisotopic (exact) mass is 588 g/mol. The number of halogens is 1. The van der Waals surface area contributed by atoms with Gasteiger partial charge in [-0.25, -0.2) is 22.8 Å². The minimum absolute atomic E-state index is 0.165. The van der Waals surface area contributed by atoms with Crippen molar-refractivity contribution in [3.8, 4) is 34.2 Å². The topological polar surface area (TPSA) is 147 Å². The molecule has 1 amide bonds. The van der Waals surface area contributed by atoms with Crippen LogP contribution in [0.5, 0.6) is 5.75 Å². The molecule has 2 aromatic carbocycles. The summed E-state index contributed by atoms with van der Waals surface area (Å²) in [7, 11) is -2.12. The summed E-state index contributed by atoms with van der Waals surface area (Å²) in [6.07, 6.45) is 2.40. The second-order valence-corrected chi connectivity index (χ2v) is 11.7. The van der Waals surface area contributed by atoms with Crippen LogP contribution in [0, 0.1) is 24.1 Å². The van der Waals surface area contributed by atoms with Crippen LogP contribution in [0.15, 0.2) is 60.8 Å². The molecular formula is C28H21FN6O4S2. The molecule has 0 fully saturated rings. The molecule has 0 saturated carbocycles. The van der Waals surface area contributed by atoms with Gasteiger partial charge >= 0.3 is 0 Å². The van der Waals surface area contributed by atoms with Crippen LogP contribution in [0.4, 0.5) is 15.2 Å². The number of fused-ring (bicyclic) bond motifs is 1. The highest BCUT2D eigenvalue weighted by molar-refractivity contribution is 7.92. The number of amides is 1. The second-order valence-electron chi connectivity index (χ2n) is 8.96. The van der Waals surface area contributed by atoms with Gasteiger partial charge in [0.15, 0.2) is 5.13 Å². The number of rotatable bonds is 7. The number of anilines is 2. The molecule has 0 saturated heterocycles. The normalized spacial score (nSPS) is 11.2. The Hall–Kier alpha value is -4.93. The number of hydrogen-bond donors (Lipinski definition) is 2. The number of methoxy groups -OCH3 is 1. The number of hydrogen-bond acceptors (Lipinski definition) is 9. The number of ether oxygens (including phenoxy) is 1. The molecule has 2 N–H and O–H groups in total. The van der Waals surface area contributed by atoms with Crippen molar-refractivity contribution in [3.63, 3.8) is 0 Å². The van der Waals surface area contributed by atoms with Gasteiger partial charge in [0.1, 0.15) is 21.9 Å². The van der Waals surface area contributed by atoms with Crippen molar-refractivity contribution >= 4 is 48.4 Å². The van der Waals surface area contributed by atoms with E-state index in [2.05, 4.69) is 31.1 Å². The fourth-order valence-electron chi connectivity index (χ4n) is 4.10. The lowest BCUT2D eigenvalue weighted by molar-refractivity contribution is 0.102. The number of carbonyl (C=O) groups is 1. The minimum atomic E-state index is -3.63. The van der Waals surface area contributed by atoms with E-state index >= 15 is 0 Å². The van der Waals surface area contributed by atoms with Crippen molar-refractivity contribution in [2.24, 2.45) is 0 Å². The van der Waals surface area contributed by atoms with Gasteiger partial charge in [-0.15, -0.1) is 0 Å². The third-order valence-corrected chi connectivity index (χ3v) is 7.41. The van der Waals surface area contributed by atoms with Gasteiger partial charge in [-0.3, -0.25) is 19.8 Å². The summed E-state index contributed by atoms with van der Waals surface area (Å²) in [6, 6.07) is 16.2. The van der Waals surface area contributed by atoms with E-state index in [9.17, 15) is 22.9 Å². The van der Waals surface area contributed by atoms with Crippen LogP contribution in [0.2, 0.25) is 0 Å². The number of carbonyl (C=O) groups excluding carboxylic acids is 1. The molecule has 0 unspecified atom stereocenters. The predicted octanol–water partition coefficient (Wildman–Crippen LogP) is 5.37. The summed E-state index contributed by atoms with van der Waals surface area (Å²) in [5.41, 5.74) is 3.70. The van der Waals surface area contributed by atoms with Gasteiger partial charge in [-0.05, 0) is 55.5 Å². The molecule has 0 aliphatic carbocycles. The Labute approximate surface area is 238 Å². The molecule has 3 heterocycles. The average molecular weight is 589 g/mol. The first-order valence-electron chi connectivity index (χ1n) is 12.0. The first-order valence-corrected chi connectivity index (χ1v) is 14.7. The Balaban J connectivity index is 1.45. The van der Waals surface area contributed by atoms with E-state index < -0.39 is 21.7 Å². The molecule has 5 rings (SSSR count). The zero-order valence-electron chi connectivity index (χ0n) is 21.9. The van der Waals surface area contributed by atoms with Crippen molar-refractivity contribution < 1.29 is 22.3 Å². The molecular weight excluding hydrogens is 567 g/mol. The van der Waals surface area contributed by atoms with Crippen LogP contribution in [-0.4, -0.2) is 42.6 Å². The van der Waals surface area contributed by atoms with Crippen LogP contribution < -0.4 is 14.8 Å². The van der Waals surface area contributed by atoms with E-state index in [4.69, 9.17) is 4.74 Å². The number of thiazole rings is 1. The van der Waals surface area contributed by atoms with E-state index in [-0.39, 0.29) is 16.4 Å². The van der Waals surface area contributed by atoms with Crippen molar-refractivity contribution in [2.45, 2.75) is 6.92 Å². The maximum Gasteiger partial charge on any atom is 0.259 e. The Morgan fingerprint density at radius 3 is 2.59 bits per heavy atom. The lowest BCUT2D eigenvalue weighted by Gasteiger charge is -2.13. The largest absolute Gasteiger partial charge is 0.496 e. The number of nitrogens with zero attached hydrogens (tertiary/aromatic N) is 4. The Bertz CT molecular complexity index is 1990. The number of sulfonamides is 1. The Kier molecular flexibility index (Phi) is 7.36. The molecule has 0 spiro atoms. The van der Waals surface area contributed by atoms with Gasteiger partial charge in [-0.1, -0.05) is 17.4 Å². The van der Waals surface area contributed by atoms with Crippen LogP contribution >= 0.6 is 11.3 Å². The van der Waals surface area contributed by atoms with E-state index in [1.165, 1.54) is 25.4 Å². The van der Waals surface area contributed by atoms with E-state index in [0.29, 0.717) is 49.7 Å². The number of benzene rings is 2. The number of nitrogens with one attached hydrogen (secondary N) is 2. The number of aromatic nitrogens is 3. The number of aryl methyl sites for hydroxylation is 1. The van der Waals surface area contributed by atoms with Gasteiger partial charge in [0.2, 0.25) is 10.0 Å². The quantitative estimate of drug-likeness (QED) is 0.258. The zero-order chi connectivity index (χ0) is 29.3. The van der Waals surface area contributed by atoms with Crippen LogP contribution in [0.1, 0.15) is 21.6 Å². The highest BCUT2D eigenvalue weighted by Crippen LogP contribution is 2.35. The summed E-state index contributed by atoms with van der Waals surface area (Å²) < 4.78 is 45.0. The van der Waals surface area contributed by atoms with E-state index in [1.54, 1.807) is 49.4 Å². The molecule has 0 aliphatic rings. The smallest absolute Gasteiger partial charge is 0.259 e. The molecule has 0 atom stereocenters. The average Bonchev–Trinajstić information content (AvgIpc) is 3.34. The van der Waals surface area contributed by atoms with Gasteiger partial charge < -0.3 is 4.74 Å². The van der Waals surface area contributed by atoms with Crippen LogP contribution in [0.25, 0.3) is 32.7 Å². The molecule has 0 aliphatic heterocycles. The third-order valence-electron chi connectivity index (χ3n) is 5.94. The summed E-state index contributed by atoms with van der Waals surface area (Å²) in [5, 5.41) is 12.5. The van der Waals surface area contributed by atoms with Crippen molar-refractivity contribution in [2.75, 3.05) is 23.4 Å². The van der Waals surface area contributed by atoms with Gasteiger partial charge in [-0.2, -0.15) is 5.26 Å². The molecule has 41 heavy (non-hydrogen) atoms. The molecule has 5 aromatic rings. The highest BCUT2D eigenvalue weighted by atomic mass is 32.2. The first kappa shape index (κ1) is 27.6. The standard InChI is InChI=1S/C28H21FN6O4S2/c1-15-10-18(19-11-16(13-30)4-9-25(19)39-2)20(14-31-15)26(36)34-28-33-24-8-7-22(32-27(24)40-28)17-5-6-23(21(29)12-17)35-41(3,37)38/h4-12,14,35H,1-3H3,(H,33,34,36). The first-order chi connectivity index (χ1) is 19.5. The maximum absolute atomic E-state index is 14.5. The van der Waals surface area contributed by atoms with Crippen molar-refractivity contribution in [3.05, 3.63) is 83.4 Å². The van der Waals surface area contributed by atoms with Crippen LogP contribution in [0.3, 0.4) is 0 Å². The summed E-state index contributed by atoms with van der Waals surface area (Å²) in [4.78, 5) is 27.2. The Morgan fingerprint density at radius 1 is 1.07 bits per heavy atom. The van der Waals surface area contributed by atoms with Crippen LogP contribution in [-0.2, 0) is 10.0 Å². The SMILES string of the molecule is COc1ccc(C#N)cc1-c1cc(C)ncc1C(=O)Nc1nc2ccc(-c3ccc(NS(C)(=O)=O)c(F)c3)nc2s1. The number of nitriles is 1. The summed E-state index contributed by atoms with van der Waals surface area (Å²) in [5.74, 6) is -0.712. The van der Waals surface area contributed by atoms with Gasteiger partial charge in [0.25, 0.3) is 5.91 Å². The Morgan fingerprint density at radius 2 is 1.88 bits per heavy atom. The third kappa shape index (κ3) is 5.98. The van der Waals surface area contributed by atoms with E-state index in [0.717, 1.165) is 17.6 Å². The second kappa shape index (κ2) is 10.9. The van der Waals surface area contributed by atoms with E-state index in [1.807, 2.05) is 0 Å².